The van der Waals surface area contributed by atoms with Crippen molar-refractivity contribution in [3.05, 3.63) is 11.1 Å². The van der Waals surface area contributed by atoms with E-state index in [0.29, 0.717) is 5.13 Å². The summed E-state index contributed by atoms with van der Waals surface area (Å²) in [6.45, 7) is 4.16. The van der Waals surface area contributed by atoms with E-state index in [2.05, 4.69) is 18.8 Å². The van der Waals surface area contributed by atoms with Crippen molar-refractivity contribution in [3.8, 4) is 0 Å². The van der Waals surface area contributed by atoms with Crippen LogP contribution < -0.4 is 17.2 Å². The Balaban J connectivity index is 2.92. The van der Waals surface area contributed by atoms with Gasteiger partial charge in [-0.2, -0.15) is 0 Å². The molecule has 0 amide bonds. The van der Waals surface area contributed by atoms with Gasteiger partial charge in [0.25, 0.3) is 0 Å². The van der Waals surface area contributed by atoms with Gasteiger partial charge in [0.2, 0.25) is 0 Å². The molecule has 0 radical (unpaired) electrons. The zero-order valence-electron chi connectivity index (χ0n) is 9.50. The summed E-state index contributed by atoms with van der Waals surface area (Å²) in [5.74, 6) is 0. The first-order chi connectivity index (χ1) is 7.60. The molecule has 0 aliphatic heterocycles. The second kappa shape index (κ2) is 3.83. The Hall–Kier alpha value is -1.49. The monoisotopic (exact) mass is 236 g/mol. The maximum atomic E-state index is 6.15. The molecule has 1 heterocycles. The van der Waals surface area contributed by atoms with E-state index in [9.17, 15) is 0 Å². The van der Waals surface area contributed by atoms with Gasteiger partial charge in [0.1, 0.15) is 5.52 Å². The van der Waals surface area contributed by atoms with E-state index in [1.54, 1.807) is 0 Å². The standard InChI is InChI=1S/C11H16N4S/c1-3-5-6(4-2)8(13)10-9(7(5)12)15-11(14)16-10/h3-4,12-13H2,1-2H3,(H2,14,15). The molecule has 1 aromatic carbocycles. The number of nitrogens with zero attached hydrogens (tertiary/aromatic N) is 1. The van der Waals surface area contributed by atoms with Gasteiger partial charge < -0.3 is 17.2 Å². The first-order valence-electron chi connectivity index (χ1n) is 5.34. The van der Waals surface area contributed by atoms with Crippen LogP contribution in [0.5, 0.6) is 0 Å². The second-order valence-corrected chi connectivity index (χ2v) is 4.75. The molecule has 0 bridgehead atoms. The highest BCUT2D eigenvalue weighted by Gasteiger charge is 2.16. The molecule has 2 rings (SSSR count). The van der Waals surface area contributed by atoms with Crippen molar-refractivity contribution in [2.24, 2.45) is 0 Å². The SMILES string of the molecule is CCc1c(CC)c(N)c2sc(N)nc2c1N. The number of nitrogens with two attached hydrogens (primary N) is 3. The van der Waals surface area contributed by atoms with Gasteiger partial charge in [0, 0.05) is 0 Å². The third-order valence-corrected chi connectivity index (χ3v) is 3.78. The van der Waals surface area contributed by atoms with Gasteiger partial charge in [-0.3, -0.25) is 0 Å². The third kappa shape index (κ3) is 1.39. The molecule has 0 fully saturated rings. The quantitative estimate of drug-likeness (QED) is 0.697. The summed E-state index contributed by atoms with van der Waals surface area (Å²) in [6, 6.07) is 0. The molecule has 0 unspecified atom stereocenters. The van der Waals surface area contributed by atoms with E-state index < -0.39 is 0 Å². The lowest BCUT2D eigenvalue weighted by atomic mass is 9.98. The number of fused-ring (bicyclic) bond motifs is 1. The lowest BCUT2D eigenvalue weighted by Gasteiger charge is -2.13. The topological polar surface area (TPSA) is 91.0 Å². The normalized spacial score (nSPS) is 11.1. The summed E-state index contributed by atoms with van der Waals surface area (Å²) in [5.41, 5.74) is 22.5. The van der Waals surface area contributed by atoms with Gasteiger partial charge in [-0.1, -0.05) is 25.2 Å². The van der Waals surface area contributed by atoms with Gasteiger partial charge in [-0.05, 0) is 24.0 Å². The maximum absolute atomic E-state index is 6.15. The number of benzene rings is 1. The molecule has 5 heteroatoms. The summed E-state index contributed by atoms with van der Waals surface area (Å²) in [4.78, 5) is 4.25. The molecular weight excluding hydrogens is 220 g/mol. The first-order valence-corrected chi connectivity index (χ1v) is 6.16. The molecule has 16 heavy (non-hydrogen) atoms. The average Bonchev–Trinajstić information content (AvgIpc) is 2.65. The molecule has 0 saturated heterocycles. The Kier molecular flexibility index (Phi) is 2.63. The molecule has 0 atom stereocenters. The van der Waals surface area contributed by atoms with Crippen molar-refractivity contribution in [2.45, 2.75) is 26.7 Å². The molecule has 0 aliphatic carbocycles. The second-order valence-electron chi connectivity index (χ2n) is 3.72. The Morgan fingerprint density at radius 3 is 2.12 bits per heavy atom. The van der Waals surface area contributed by atoms with E-state index in [4.69, 9.17) is 17.2 Å². The summed E-state index contributed by atoms with van der Waals surface area (Å²) in [7, 11) is 0. The smallest absolute Gasteiger partial charge is 0.181 e. The van der Waals surface area contributed by atoms with E-state index in [1.807, 2.05) is 0 Å². The van der Waals surface area contributed by atoms with Crippen LogP contribution >= 0.6 is 11.3 Å². The van der Waals surface area contributed by atoms with Crippen molar-refractivity contribution < 1.29 is 0 Å². The van der Waals surface area contributed by atoms with E-state index >= 15 is 0 Å². The molecule has 6 N–H and O–H groups in total. The highest BCUT2D eigenvalue weighted by atomic mass is 32.1. The molecule has 0 spiro atoms. The predicted octanol–water partition coefficient (Wildman–Crippen LogP) is 2.17. The fourth-order valence-electron chi connectivity index (χ4n) is 2.11. The van der Waals surface area contributed by atoms with Crippen molar-refractivity contribution in [2.75, 3.05) is 17.2 Å². The van der Waals surface area contributed by atoms with Crippen LogP contribution in [0.1, 0.15) is 25.0 Å². The number of rotatable bonds is 2. The van der Waals surface area contributed by atoms with Crippen LogP contribution in [0.3, 0.4) is 0 Å². The zero-order chi connectivity index (χ0) is 11.9. The van der Waals surface area contributed by atoms with Gasteiger partial charge in [-0.15, -0.1) is 0 Å². The molecule has 1 aromatic heterocycles. The van der Waals surface area contributed by atoms with Crippen LogP contribution in [-0.4, -0.2) is 4.98 Å². The van der Waals surface area contributed by atoms with Gasteiger partial charge in [-0.25, -0.2) is 4.98 Å². The summed E-state index contributed by atoms with van der Waals surface area (Å²) in [5, 5.41) is 0.517. The predicted molar refractivity (Wildman–Crippen MR) is 71.6 cm³/mol. The van der Waals surface area contributed by atoms with E-state index in [-0.39, 0.29) is 0 Å². The minimum absolute atomic E-state index is 0.517. The fourth-order valence-corrected chi connectivity index (χ4v) is 2.95. The lowest BCUT2D eigenvalue weighted by Crippen LogP contribution is -2.04. The largest absolute Gasteiger partial charge is 0.397 e. The molecule has 86 valence electrons. The molecule has 4 nitrogen and oxygen atoms in total. The highest BCUT2D eigenvalue weighted by molar-refractivity contribution is 7.22. The highest BCUT2D eigenvalue weighted by Crippen LogP contribution is 2.38. The summed E-state index contributed by atoms with van der Waals surface area (Å²) in [6.07, 6.45) is 1.75. The fraction of sp³-hybridized carbons (Fsp3) is 0.364. The Morgan fingerprint density at radius 2 is 1.56 bits per heavy atom. The van der Waals surface area contributed by atoms with Crippen LogP contribution in [0.25, 0.3) is 10.2 Å². The summed E-state index contributed by atoms with van der Waals surface area (Å²) >= 11 is 1.40. The number of hydrogen-bond donors (Lipinski definition) is 3. The maximum Gasteiger partial charge on any atom is 0.181 e. The molecular formula is C11H16N4S. The molecule has 0 aliphatic rings. The van der Waals surface area contributed by atoms with Crippen molar-refractivity contribution in [3.63, 3.8) is 0 Å². The lowest BCUT2D eigenvalue weighted by molar-refractivity contribution is 1.05. The number of thiazole rings is 1. The Morgan fingerprint density at radius 1 is 1.00 bits per heavy atom. The number of anilines is 3. The van der Waals surface area contributed by atoms with Crippen LogP contribution in [0.2, 0.25) is 0 Å². The van der Waals surface area contributed by atoms with E-state index in [0.717, 1.165) is 45.6 Å². The van der Waals surface area contributed by atoms with Crippen molar-refractivity contribution in [1.82, 2.24) is 4.98 Å². The van der Waals surface area contributed by atoms with Crippen molar-refractivity contribution in [1.29, 1.82) is 0 Å². The van der Waals surface area contributed by atoms with Crippen LogP contribution in [-0.2, 0) is 12.8 Å². The van der Waals surface area contributed by atoms with Crippen LogP contribution in [0.4, 0.5) is 16.5 Å². The number of nitrogen functional groups attached to an aromatic ring is 3. The van der Waals surface area contributed by atoms with Crippen molar-refractivity contribution >= 4 is 38.1 Å². The number of aromatic nitrogens is 1. The minimum Gasteiger partial charge on any atom is -0.397 e. The van der Waals surface area contributed by atoms with Crippen LogP contribution in [0.15, 0.2) is 0 Å². The first kappa shape index (κ1) is 11.0. The zero-order valence-corrected chi connectivity index (χ0v) is 10.3. The van der Waals surface area contributed by atoms with Gasteiger partial charge in [0.15, 0.2) is 5.13 Å². The third-order valence-electron chi connectivity index (χ3n) is 2.87. The van der Waals surface area contributed by atoms with Gasteiger partial charge in [0.05, 0.1) is 16.1 Å². The molecule has 0 saturated carbocycles. The molecule has 2 aromatic rings. The van der Waals surface area contributed by atoms with Gasteiger partial charge >= 0.3 is 0 Å². The van der Waals surface area contributed by atoms with Crippen LogP contribution in [0, 0.1) is 0 Å². The number of hydrogen-bond acceptors (Lipinski definition) is 5. The summed E-state index contributed by atoms with van der Waals surface area (Å²) < 4.78 is 0.920. The average molecular weight is 236 g/mol. The Labute approximate surface area is 98.5 Å². The Bertz CT molecular complexity index is 498. The minimum atomic E-state index is 0.517. The van der Waals surface area contributed by atoms with E-state index in [1.165, 1.54) is 11.3 Å².